The number of benzene rings is 2. The van der Waals surface area contributed by atoms with Gasteiger partial charge in [0.2, 0.25) is 0 Å². The molecule has 2 heterocycles. The van der Waals surface area contributed by atoms with Crippen LogP contribution in [0.15, 0.2) is 65.2 Å². The van der Waals surface area contributed by atoms with Gasteiger partial charge in [0.15, 0.2) is 5.76 Å². The van der Waals surface area contributed by atoms with Crippen LogP contribution in [0.2, 0.25) is 0 Å². The van der Waals surface area contributed by atoms with Gasteiger partial charge >= 0.3 is 0 Å². The van der Waals surface area contributed by atoms with Gasteiger partial charge in [-0.25, -0.2) is 0 Å². The summed E-state index contributed by atoms with van der Waals surface area (Å²) < 4.78 is 12.7. The van der Waals surface area contributed by atoms with Gasteiger partial charge in [-0.2, -0.15) is 5.10 Å². The second-order valence-electron chi connectivity index (χ2n) is 6.38. The lowest BCUT2D eigenvalue weighted by Crippen LogP contribution is -2.20. The third-order valence-corrected chi connectivity index (χ3v) is 4.43. The van der Waals surface area contributed by atoms with Crippen molar-refractivity contribution in [3.63, 3.8) is 0 Å². The molecular formula is C21H18N4O4. The molecule has 0 saturated heterocycles. The van der Waals surface area contributed by atoms with Crippen molar-refractivity contribution in [1.29, 1.82) is 0 Å². The number of carbonyl (C=O) groups is 2. The molecule has 3 N–H and O–H groups in total. The first-order valence-electron chi connectivity index (χ1n) is 8.85. The monoisotopic (exact) mass is 390 g/mol. The van der Waals surface area contributed by atoms with Crippen molar-refractivity contribution < 1.29 is 18.7 Å². The van der Waals surface area contributed by atoms with E-state index in [-0.39, 0.29) is 23.7 Å². The number of aryl methyl sites for hydroxylation is 1. The molecule has 0 atom stereocenters. The van der Waals surface area contributed by atoms with E-state index in [0.717, 1.165) is 16.5 Å². The Balaban J connectivity index is 1.46. The average Bonchev–Trinajstić information content (AvgIpc) is 3.33. The summed E-state index contributed by atoms with van der Waals surface area (Å²) in [5.41, 5.74) is 5.64. The molecule has 2 aromatic carbocycles. The molecule has 0 aliphatic rings. The van der Waals surface area contributed by atoms with E-state index in [1.165, 1.54) is 16.9 Å². The zero-order chi connectivity index (χ0) is 20.4. The quantitative estimate of drug-likeness (QED) is 0.525. The number of anilines is 1. The number of primary amides is 1. The Morgan fingerprint density at radius 1 is 1.14 bits per heavy atom. The topological polar surface area (TPSA) is 112 Å². The number of hydrogen-bond acceptors (Lipinski definition) is 5. The Morgan fingerprint density at radius 2 is 1.93 bits per heavy atom. The van der Waals surface area contributed by atoms with E-state index in [0.29, 0.717) is 5.76 Å². The van der Waals surface area contributed by atoms with Gasteiger partial charge in [0.25, 0.3) is 11.8 Å². The molecule has 0 radical (unpaired) electrons. The first-order valence-corrected chi connectivity index (χ1v) is 8.85. The van der Waals surface area contributed by atoms with Crippen molar-refractivity contribution in [2.45, 2.75) is 6.61 Å². The molecule has 0 spiro atoms. The molecule has 0 unspecified atom stereocenters. The van der Waals surface area contributed by atoms with Crippen LogP contribution in [0, 0.1) is 0 Å². The summed E-state index contributed by atoms with van der Waals surface area (Å²) in [7, 11) is 1.56. The molecule has 4 rings (SSSR count). The fourth-order valence-electron chi connectivity index (χ4n) is 3.05. The summed E-state index contributed by atoms with van der Waals surface area (Å²) in [5.74, 6) is 0.0954. The fraction of sp³-hybridized carbons (Fsp3) is 0.0952. The number of nitrogens with zero attached hydrogens (tertiary/aromatic N) is 2. The lowest BCUT2D eigenvalue weighted by atomic mass is 10.1. The molecule has 8 heteroatoms. The Hall–Kier alpha value is -4.07. The first-order chi connectivity index (χ1) is 14.0. The standard InChI is InChI=1S/C21H18N4O4/c1-25-19(20(22)26)16(11-23-25)24-21(27)18-10-9-14(29-18)12-28-17-8-4-6-13-5-2-3-7-15(13)17/h2-11H,12H2,1H3,(H2,22,26)(H,24,27). The summed E-state index contributed by atoms with van der Waals surface area (Å²) in [5, 5.41) is 8.58. The number of fused-ring (bicyclic) bond motifs is 1. The summed E-state index contributed by atoms with van der Waals surface area (Å²) in [6.45, 7) is 0.167. The highest BCUT2D eigenvalue weighted by molar-refractivity contribution is 6.06. The summed E-state index contributed by atoms with van der Waals surface area (Å²) >= 11 is 0. The summed E-state index contributed by atoms with van der Waals surface area (Å²) in [6.07, 6.45) is 1.35. The van der Waals surface area contributed by atoms with Crippen LogP contribution in [-0.2, 0) is 13.7 Å². The summed E-state index contributed by atoms with van der Waals surface area (Å²) in [6, 6.07) is 16.9. The van der Waals surface area contributed by atoms with E-state index in [9.17, 15) is 9.59 Å². The van der Waals surface area contributed by atoms with Gasteiger partial charge in [0.1, 0.15) is 23.8 Å². The third-order valence-electron chi connectivity index (χ3n) is 4.43. The minimum atomic E-state index is -0.691. The van der Waals surface area contributed by atoms with Crippen molar-refractivity contribution in [1.82, 2.24) is 9.78 Å². The molecule has 8 nitrogen and oxygen atoms in total. The third kappa shape index (κ3) is 3.68. The van der Waals surface area contributed by atoms with Gasteiger partial charge < -0.3 is 20.2 Å². The van der Waals surface area contributed by atoms with Crippen LogP contribution in [0.3, 0.4) is 0 Å². The fourth-order valence-corrected chi connectivity index (χ4v) is 3.05. The van der Waals surface area contributed by atoms with Crippen LogP contribution >= 0.6 is 0 Å². The maximum absolute atomic E-state index is 12.4. The van der Waals surface area contributed by atoms with Crippen molar-refractivity contribution >= 4 is 28.3 Å². The molecule has 0 aliphatic heterocycles. The zero-order valence-electron chi connectivity index (χ0n) is 15.6. The smallest absolute Gasteiger partial charge is 0.291 e. The molecule has 146 valence electrons. The number of hydrogen-bond donors (Lipinski definition) is 2. The van der Waals surface area contributed by atoms with E-state index in [4.69, 9.17) is 14.9 Å². The predicted molar refractivity (Wildman–Crippen MR) is 107 cm³/mol. The molecule has 0 aliphatic carbocycles. The second-order valence-corrected chi connectivity index (χ2v) is 6.38. The highest BCUT2D eigenvalue weighted by Gasteiger charge is 2.19. The molecule has 0 saturated carbocycles. The maximum Gasteiger partial charge on any atom is 0.291 e. The number of rotatable bonds is 6. The molecule has 0 fully saturated rings. The molecule has 2 amide bonds. The minimum absolute atomic E-state index is 0.0841. The van der Waals surface area contributed by atoms with Crippen LogP contribution in [0.5, 0.6) is 5.75 Å². The average molecular weight is 390 g/mol. The van der Waals surface area contributed by atoms with Gasteiger partial charge in [-0.3, -0.25) is 14.3 Å². The van der Waals surface area contributed by atoms with Crippen LogP contribution in [0.25, 0.3) is 10.8 Å². The van der Waals surface area contributed by atoms with Gasteiger partial charge in [-0.1, -0.05) is 36.4 Å². The van der Waals surface area contributed by atoms with Gasteiger partial charge in [0, 0.05) is 12.4 Å². The molecule has 2 aromatic heterocycles. The minimum Gasteiger partial charge on any atom is -0.485 e. The van der Waals surface area contributed by atoms with Gasteiger partial charge in [-0.05, 0) is 23.6 Å². The van der Waals surface area contributed by atoms with E-state index in [2.05, 4.69) is 10.4 Å². The number of furan rings is 1. The predicted octanol–water partition coefficient (Wildman–Crippen LogP) is 3.10. The van der Waals surface area contributed by atoms with Crippen molar-refractivity contribution in [3.05, 3.63) is 78.0 Å². The highest BCUT2D eigenvalue weighted by Crippen LogP contribution is 2.26. The lowest BCUT2D eigenvalue weighted by Gasteiger charge is -2.08. The van der Waals surface area contributed by atoms with Crippen LogP contribution in [0.4, 0.5) is 5.69 Å². The molecular weight excluding hydrogens is 372 g/mol. The Kier molecular flexibility index (Phi) is 4.74. The van der Waals surface area contributed by atoms with Gasteiger partial charge in [0.05, 0.1) is 11.9 Å². The van der Waals surface area contributed by atoms with E-state index in [1.54, 1.807) is 13.1 Å². The lowest BCUT2D eigenvalue weighted by molar-refractivity contribution is 0.0992. The SMILES string of the molecule is Cn1ncc(NC(=O)c2ccc(COc3cccc4ccccc34)o2)c1C(N)=O. The Labute approximate surface area is 165 Å². The zero-order valence-corrected chi connectivity index (χ0v) is 15.6. The number of aromatic nitrogens is 2. The van der Waals surface area contributed by atoms with Crippen molar-refractivity contribution in [2.24, 2.45) is 12.8 Å². The number of amides is 2. The number of carbonyl (C=O) groups excluding carboxylic acids is 2. The molecule has 4 aromatic rings. The van der Waals surface area contributed by atoms with E-state index in [1.807, 2.05) is 42.5 Å². The molecule has 0 bridgehead atoms. The first kappa shape index (κ1) is 18.3. The largest absolute Gasteiger partial charge is 0.485 e. The van der Waals surface area contributed by atoms with Crippen LogP contribution in [-0.4, -0.2) is 21.6 Å². The van der Waals surface area contributed by atoms with Crippen LogP contribution < -0.4 is 15.8 Å². The van der Waals surface area contributed by atoms with Gasteiger partial charge in [-0.15, -0.1) is 0 Å². The number of ether oxygens (including phenoxy) is 1. The second kappa shape index (κ2) is 7.51. The Morgan fingerprint density at radius 3 is 2.76 bits per heavy atom. The van der Waals surface area contributed by atoms with Crippen LogP contribution in [0.1, 0.15) is 26.8 Å². The van der Waals surface area contributed by atoms with Crippen molar-refractivity contribution in [2.75, 3.05) is 5.32 Å². The molecule has 29 heavy (non-hydrogen) atoms. The number of nitrogens with two attached hydrogens (primary N) is 1. The maximum atomic E-state index is 12.4. The van der Waals surface area contributed by atoms with E-state index < -0.39 is 11.8 Å². The Bertz CT molecular complexity index is 1200. The number of nitrogens with one attached hydrogen (secondary N) is 1. The highest BCUT2D eigenvalue weighted by atomic mass is 16.5. The van der Waals surface area contributed by atoms with E-state index >= 15 is 0 Å². The van der Waals surface area contributed by atoms with Crippen molar-refractivity contribution in [3.8, 4) is 5.75 Å². The summed E-state index contributed by atoms with van der Waals surface area (Å²) in [4.78, 5) is 23.9. The normalized spacial score (nSPS) is 10.8.